The summed E-state index contributed by atoms with van der Waals surface area (Å²) < 4.78 is 64.6. The maximum atomic E-state index is 12.7. The SMILES string of the molecule is O=C(NCCN1CCN(S(=O)(=O)c2ccc(C(F)(F)F)cc2)CC1)c1ccsc1. The smallest absolute Gasteiger partial charge is 0.351 e. The molecular weight excluding hydrogens is 427 g/mol. The van der Waals surface area contributed by atoms with E-state index >= 15 is 0 Å². The lowest BCUT2D eigenvalue weighted by atomic mass is 10.2. The standard InChI is InChI=1S/C18H20F3N3O3S2/c19-18(20,21)15-1-3-16(4-2-15)29(26,27)24-10-8-23(9-11-24)7-6-22-17(25)14-5-12-28-13-14/h1-5,12-13H,6-11H2,(H,22,25). The molecule has 0 aliphatic carbocycles. The van der Waals surface area contributed by atoms with Gasteiger partial charge in [0.2, 0.25) is 10.0 Å². The zero-order chi connectivity index (χ0) is 21.1. The molecule has 11 heteroatoms. The average Bonchev–Trinajstić information content (AvgIpc) is 3.23. The first-order chi connectivity index (χ1) is 13.7. The minimum atomic E-state index is -4.51. The summed E-state index contributed by atoms with van der Waals surface area (Å²) >= 11 is 1.44. The number of hydrogen-bond acceptors (Lipinski definition) is 5. The van der Waals surface area contributed by atoms with Gasteiger partial charge in [0.05, 0.1) is 10.5 Å². The Hall–Kier alpha value is -1.95. The second kappa shape index (κ2) is 8.82. The van der Waals surface area contributed by atoms with E-state index in [0.29, 0.717) is 31.7 Å². The van der Waals surface area contributed by atoms with Gasteiger partial charge in [0.1, 0.15) is 0 Å². The molecule has 29 heavy (non-hydrogen) atoms. The van der Waals surface area contributed by atoms with E-state index in [1.165, 1.54) is 15.6 Å². The van der Waals surface area contributed by atoms with Crippen LogP contribution in [0.4, 0.5) is 13.2 Å². The molecule has 1 aliphatic rings. The molecule has 0 radical (unpaired) electrons. The summed E-state index contributed by atoms with van der Waals surface area (Å²) in [6.07, 6.45) is -4.51. The first-order valence-corrected chi connectivity index (χ1v) is 11.3. The second-order valence-electron chi connectivity index (χ2n) is 6.54. The molecule has 6 nitrogen and oxygen atoms in total. The van der Waals surface area contributed by atoms with E-state index in [4.69, 9.17) is 0 Å². The Balaban J connectivity index is 1.50. The molecule has 1 saturated heterocycles. The maximum Gasteiger partial charge on any atom is 0.416 e. The summed E-state index contributed by atoms with van der Waals surface area (Å²) in [6, 6.07) is 5.28. The topological polar surface area (TPSA) is 69.7 Å². The lowest BCUT2D eigenvalue weighted by Gasteiger charge is -2.34. The molecule has 158 valence electrons. The monoisotopic (exact) mass is 447 g/mol. The predicted octanol–water partition coefficient (Wildman–Crippen LogP) is 2.50. The first-order valence-electron chi connectivity index (χ1n) is 8.88. The Bertz CT molecular complexity index is 922. The molecule has 1 amide bonds. The largest absolute Gasteiger partial charge is 0.416 e. The fourth-order valence-corrected chi connectivity index (χ4v) is 5.04. The molecule has 1 aromatic carbocycles. The highest BCUT2D eigenvalue weighted by molar-refractivity contribution is 7.89. The number of halogens is 3. The molecule has 0 bridgehead atoms. The summed E-state index contributed by atoms with van der Waals surface area (Å²) in [5.41, 5.74) is -0.270. The number of alkyl halides is 3. The van der Waals surface area contributed by atoms with E-state index in [0.717, 1.165) is 24.3 Å². The van der Waals surface area contributed by atoms with Crippen LogP contribution in [0.3, 0.4) is 0 Å². The molecular formula is C18H20F3N3O3S2. The van der Waals surface area contributed by atoms with Crippen molar-refractivity contribution < 1.29 is 26.4 Å². The summed E-state index contributed by atoms with van der Waals surface area (Å²) in [5, 5.41) is 6.41. The molecule has 1 aromatic heterocycles. The third kappa shape index (κ3) is 5.35. The third-order valence-electron chi connectivity index (χ3n) is 4.65. The zero-order valence-corrected chi connectivity index (χ0v) is 17.0. The van der Waals surface area contributed by atoms with E-state index in [1.807, 2.05) is 10.3 Å². The van der Waals surface area contributed by atoms with Crippen LogP contribution in [-0.4, -0.2) is 62.8 Å². The molecule has 1 aliphatic heterocycles. The highest BCUT2D eigenvalue weighted by Crippen LogP contribution is 2.30. The molecule has 2 aromatic rings. The van der Waals surface area contributed by atoms with Crippen molar-refractivity contribution in [2.45, 2.75) is 11.1 Å². The van der Waals surface area contributed by atoms with Gasteiger partial charge in [-0.25, -0.2) is 8.42 Å². The highest BCUT2D eigenvalue weighted by atomic mass is 32.2. The van der Waals surface area contributed by atoms with Crippen molar-refractivity contribution in [3.8, 4) is 0 Å². The van der Waals surface area contributed by atoms with Crippen LogP contribution in [0, 0.1) is 0 Å². The molecule has 0 spiro atoms. The number of thiophene rings is 1. The molecule has 0 atom stereocenters. The Labute approximate surface area is 171 Å². The Morgan fingerprint density at radius 1 is 1.07 bits per heavy atom. The Kier molecular flexibility index (Phi) is 6.62. The number of carbonyl (C=O) groups is 1. The lowest BCUT2D eigenvalue weighted by molar-refractivity contribution is -0.137. The minimum Gasteiger partial charge on any atom is -0.351 e. The number of nitrogens with one attached hydrogen (secondary N) is 1. The number of hydrogen-bond donors (Lipinski definition) is 1. The van der Waals surface area contributed by atoms with Crippen LogP contribution >= 0.6 is 11.3 Å². The number of piperazine rings is 1. The third-order valence-corrected chi connectivity index (χ3v) is 7.24. The number of sulfonamides is 1. The summed E-state index contributed by atoms with van der Waals surface area (Å²) in [4.78, 5) is 13.8. The van der Waals surface area contributed by atoms with E-state index in [9.17, 15) is 26.4 Å². The van der Waals surface area contributed by atoms with Crippen molar-refractivity contribution in [2.75, 3.05) is 39.3 Å². The number of carbonyl (C=O) groups excluding carboxylic acids is 1. The number of rotatable bonds is 6. The van der Waals surface area contributed by atoms with Crippen LogP contribution in [0.1, 0.15) is 15.9 Å². The summed E-state index contributed by atoms with van der Waals surface area (Å²) in [6.45, 7) is 2.47. The fourth-order valence-electron chi connectivity index (χ4n) is 2.98. The van der Waals surface area contributed by atoms with Crippen LogP contribution in [0.25, 0.3) is 0 Å². The maximum absolute atomic E-state index is 12.7. The quantitative estimate of drug-likeness (QED) is 0.739. The number of nitrogens with zero attached hydrogens (tertiary/aromatic N) is 2. The van der Waals surface area contributed by atoms with E-state index in [2.05, 4.69) is 5.32 Å². The van der Waals surface area contributed by atoms with Gasteiger partial charge < -0.3 is 5.32 Å². The minimum absolute atomic E-state index is 0.144. The molecule has 1 fully saturated rings. The van der Waals surface area contributed by atoms with Gasteiger partial charge in [0.25, 0.3) is 5.91 Å². The van der Waals surface area contributed by atoms with E-state index in [1.54, 1.807) is 11.4 Å². The van der Waals surface area contributed by atoms with Crippen molar-refractivity contribution >= 4 is 27.3 Å². The van der Waals surface area contributed by atoms with E-state index in [-0.39, 0.29) is 23.9 Å². The number of amides is 1. The summed E-state index contributed by atoms with van der Waals surface area (Å²) in [5.74, 6) is -0.144. The zero-order valence-electron chi connectivity index (χ0n) is 15.4. The highest BCUT2D eigenvalue weighted by Gasteiger charge is 2.32. The molecule has 0 saturated carbocycles. The van der Waals surface area contributed by atoms with Gasteiger partial charge >= 0.3 is 6.18 Å². The van der Waals surface area contributed by atoms with Crippen molar-refractivity contribution in [3.63, 3.8) is 0 Å². The normalized spacial score (nSPS) is 16.7. The van der Waals surface area contributed by atoms with Crippen LogP contribution < -0.4 is 5.32 Å². The van der Waals surface area contributed by atoms with Crippen LogP contribution in [0.15, 0.2) is 46.0 Å². The molecule has 2 heterocycles. The summed E-state index contributed by atoms with van der Waals surface area (Å²) in [7, 11) is -3.84. The number of benzene rings is 1. The predicted molar refractivity (Wildman–Crippen MR) is 103 cm³/mol. The van der Waals surface area contributed by atoms with Crippen molar-refractivity contribution in [3.05, 3.63) is 52.2 Å². The molecule has 0 unspecified atom stereocenters. The lowest BCUT2D eigenvalue weighted by Crippen LogP contribution is -2.50. The van der Waals surface area contributed by atoms with Crippen LogP contribution in [-0.2, 0) is 16.2 Å². The van der Waals surface area contributed by atoms with Gasteiger partial charge in [-0.15, -0.1) is 0 Å². The van der Waals surface area contributed by atoms with Crippen molar-refractivity contribution in [1.82, 2.24) is 14.5 Å². The van der Waals surface area contributed by atoms with Crippen LogP contribution in [0.2, 0.25) is 0 Å². The van der Waals surface area contributed by atoms with Crippen molar-refractivity contribution in [1.29, 1.82) is 0 Å². The van der Waals surface area contributed by atoms with Gasteiger partial charge in [-0.1, -0.05) is 0 Å². The fraction of sp³-hybridized carbons (Fsp3) is 0.389. The molecule has 1 N–H and O–H groups in total. The van der Waals surface area contributed by atoms with E-state index < -0.39 is 21.8 Å². The molecule has 3 rings (SSSR count). The van der Waals surface area contributed by atoms with Gasteiger partial charge in [-0.3, -0.25) is 9.69 Å². The van der Waals surface area contributed by atoms with Gasteiger partial charge in [-0.05, 0) is 35.7 Å². The first kappa shape index (κ1) is 21.8. The van der Waals surface area contributed by atoms with Crippen molar-refractivity contribution in [2.24, 2.45) is 0 Å². The Morgan fingerprint density at radius 2 is 1.72 bits per heavy atom. The second-order valence-corrected chi connectivity index (χ2v) is 9.25. The van der Waals surface area contributed by atoms with Crippen LogP contribution in [0.5, 0.6) is 0 Å². The Morgan fingerprint density at radius 3 is 2.28 bits per heavy atom. The average molecular weight is 448 g/mol. The van der Waals surface area contributed by atoms with Gasteiger partial charge in [0.15, 0.2) is 0 Å². The van der Waals surface area contributed by atoms with Gasteiger partial charge in [0, 0.05) is 50.2 Å². The van der Waals surface area contributed by atoms with Gasteiger partial charge in [-0.2, -0.15) is 28.8 Å².